The fraction of sp³-hybridized carbons (Fsp3) is 0.273. The molecule has 2 heterocycles. The van der Waals surface area contributed by atoms with Gasteiger partial charge in [-0.15, -0.1) is 0 Å². The molecule has 2 aromatic carbocycles. The standard InChI is InChI=1S/C22H22N2O4/c25-20-17-11-4-5-12-18(17)24(21(26)19-13-6-14-23(19)20)22(27)28-15-7-10-16-8-2-1-3-9-16/h1-5,7-12,19,21,26H,6,13-15H2/t19-,21-/m0/s1. The molecular formula is C22H22N2O4. The summed E-state index contributed by atoms with van der Waals surface area (Å²) in [6.07, 6.45) is 3.26. The first-order chi connectivity index (χ1) is 13.7. The van der Waals surface area contributed by atoms with Crippen molar-refractivity contribution in [3.63, 3.8) is 0 Å². The summed E-state index contributed by atoms with van der Waals surface area (Å²) < 4.78 is 5.38. The highest BCUT2D eigenvalue weighted by atomic mass is 16.6. The molecular weight excluding hydrogens is 356 g/mol. The lowest BCUT2D eigenvalue weighted by Crippen LogP contribution is -2.50. The van der Waals surface area contributed by atoms with E-state index in [2.05, 4.69) is 0 Å². The summed E-state index contributed by atoms with van der Waals surface area (Å²) in [5, 5.41) is 10.9. The number of carbonyl (C=O) groups excluding carboxylic acids is 2. The highest BCUT2D eigenvalue weighted by Crippen LogP contribution is 2.34. The van der Waals surface area contributed by atoms with Gasteiger partial charge < -0.3 is 14.7 Å². The molecule has 0 unspecified atom stereocenters. The Morgan fingerprint density at radius 2 is 1.89 bits per heavy atom. The summed E-state index contributed by atoms with van der Waals surface area (Å²) in [6, 6.07) is 16.1. The molecule has 0 radical (unpaired) electrons. The van der Waals surface area contributed by atoms with E-state index in [1.165, 1.54) is 4.90 Å². The SMILES string of the molecule is O=C1c2ccccc2N(C(=O)OCC=Cc2ccccc2)[C@@H](O)[C@@H]2CCCN12. The van der Waals surface area contributed by atoms with Crippen molar-refractivity contribution in [1.29, 1.82) is 0 Å². The minimum absolute atomic E-state index is 0.0709. The largest absolute Gasteiger partial charge is 0.445 e. The Balaban J connectivity index is 1.54. The second-order valence-corrected chi connectivity index (χ2v) is 6.90. The van der Waals surface area contributed by atoms with Gasteiger partial charge in [-0.25, -0.2) is 9.69 Å². The van der Waals surface area contributed by atoms with Gasteiger partial charge in [-0.1, -0.05) is 48.5 Å². The van der Waals surface area contributed by atoms with Crippen molar-refractivity contribution in [2.24, 2.45) is 0 Å². The molecule has 2 amide bonds. The number of benzene rings is 2. The number of nitrogens with zero attached hydrogens (tertiary/aromatic N) is 2. The van der Waals surface area contributed by atoms with Crippen LogP contribution in [0.4, 0.5) is 10.5 Å². The highest BCUT2D eigenvalue weighted by Gasteiger charge is 2.44. The molecule has 6 nitrogen and oxygen atoms in total. The lowest BCUT2D eigenvalue weighted by atomic mass is 10.1. The van der Waals surface area contributed by atoms with Gasteiger partial charge in [0.1, 0.15) is 6.61 Å². The Labute approximate surface area is 163 Å². The minimum atomic E-state index is -1.14. The zero-order valence-corrected chi connectivity index (χ0v) is 15.4. The molecule has 0 bridgehead atoms. The lowest BCUT2D eigenvalue weighted by Gasteiger charge is -2.31. The molecule has 0 saturated carbocycles. The number of rotatable bonds is 3. The van der Waals surface area contributed by atoms with E-state index in [0.29, 0.717) is 24.2 Å². The zero-order chi connectivity index (χ0) is 19.5. The van der Waals surface area contributed by atoms with Crippen molar-refractivity contribution < 1.29 is 19.4 Å². The average molecular weight is 378 g/mol. The number of anilines is 1. The summed E-state index contributed by atoms with van der Waals surface area (Å²) in [5.74, 6) is -0.156. The normalized spacial score (nSPS) is 21.4. The number of aliphatic hydroxyl groups is 1. The van der Waals surface area contributed by atoms with Gasteiger partial charge in [-0.2, -0.15) is 0 Å². The van der Waals surface area contributed by atoms with Crippen LogP contribution in [0.2, 0.25) is 0 Å². The number of ether oxygens (including phenoxy) is 1. The Hall–Kier alpha value is -3.12. The number of hydrogen-bond acceptors (Lipinski definition) is 4. The molecule has 2 aromatic rings. The van der Waals surface area contributed by atoms with Crippen molar-refractivity contribution >= 4 is 23.8 Å². The second kappa shape index (κ2) is 7.86. The van der Waals surface area contributed by atoms with Crippen molar-refractivity contribution in [2.75, 3.05) is 18.1 Å². The van der Waals surface area contributed by atoms with E-state index in [0.717, 1.165) is 12.0 Å². The van der Waals surface area contributed by atoms with Crippen molar-refractivity contribution in [3.05, 3.63) is 71.8 Å². The third kappa shape index (κ3) is 3.39. The van der Waals surface area contributed by atoms with E-state index in [4.69, 9.17) is 4.74 Å². The van der Waals surface area contributed by atoms with Crippen LogP contribution in [0, 0.1) is 0 Å². The summed E-state index contributed by atoms with van der Waals surface area (Å²) in [5.41, 5.74) is 1.79. The number of fused-ring (bicyclic) bond motifs is 2. The average Bonchev–Trinajstić information content (AvgIpc) is 3.19. The van der Waals surface area contributed by atoms with E-state index >= 15 is 0 Å². The van der Waals surface area contributed by atoms with Crippen LogP contribution in [0.25, 0.3) is 6.08 Å². The summed E-state index contributed by atoms with van der Waals surface area (Å²) in [4.78, 5) is 28.6. The first-order valence-electron chi connectivity index (χ1n) is 9.42. The number of carbonyl (C=O) groups is 2. The maximum Gasteiger partial charge on any atom is 0.416 e. The van der Waals surface area contributed by atoms with E-state index in [1.54, 1.807) is 35.2 Å². The lowest BCUT2D eigenvalue weighted by molar-refractivity contribution is 0.0496. The molecule has 6 heteroatoms. The molecule has 2 atom stereocenters. The molecule has 28 heavy (non-hydrogen) atoms. The zero-order valence-electron chi connectivity index (χ0n) is 15.4. The van der Waals surface area contributed by atoms with Crippen LogP contribution in [0.5, 0.6) is 0 Å². The predicted molar refractivity (Wildman–Crippen MR) is 106 cm³/mol. The molecule has 2 aliphatic rings. The molecule has 144 valence electrons. The van der Waals surface area contributed by atoms with Gasteiger partial charge in [-0.3, -0.25) is 4.79 Å². The van der Waals surface area contributed by atoms with Gasteiger partial charge in [0, 0.05) is 6.54 Å². The van der Waals surface area contributed by atoms with Crippen LogP contribution in [0.15, 0.2) is 60.7 Å². The molecule has 1 saturated heterocycles. The number of aliphatic hydroxyl groups excluding tert-OH is 1. The fourth-order valence-corrected chi connectivity index (χ4v) is 3.83. The summed E-state index contributed by atoms with van der Waals surface area (Å²) >= 11 is 0. The van der Waals surface area contributed by atoms with E-state index in [-0.39, 0.29) is 12.5 Å². The van der Waals surface area contributed by atoms with E-state index < -0.39 is 18.4 Å². The van der Waals surface area contributed by atoms with Crippen LogP contribution in [0.3, 0.4) is 0 Å². The maximum absolute atomic E-state index is 12.9. The van der Waals surface area contributed by atoms with Crippen LogP contribution in [0.1, 0.15) is 28.8 Å². The van der Waals surface area contributed by atoms with Crippen LogP contribution < -0.4 is 4.90 Å². The Bertz CT molecular complexity index is 896. The van der Waals surface area contributed by atoms with Crippen molar-refractivity contribution in [3.8, 4) is 0 Å². The van der Waals surface area contributed by atoms with Crippen molar-refractivity contribution in [2.45, 2.75) is 25.1 Å². The molecule has 0 spiro atoms. The monoisotopic (exact) mass is 378 g/mol. The van der Waals surface area contributed by atoms with Crippen LogP contribution >= 0.6 is 0 Å². The molecule has 4 rings (SSSR count). The third-order valence-corrected chi connectivity index (χ3v) is 5.17. The molecule has 1 N–H and O–H groups in total. The molecule has 2 aliphatic heterocycles. The predicted octanol–water partition coefficient (Wildman–Crippen LogP) is 3.28. The molecule has 0 aliphatic carbocycles. The van der Waals surface area contributed by atoms with Gasteiger partial charge in [0.15, 0.2) is 6.23 Å². The first-order valence-corrected chi connectivity index (χ1v) is 9.42. The first kappa shape index (κ1) is 18.3. The molecule has 0 aromatic heterocycles. The summed E-state index contributed by atoms with van der Waals surface area (Å²) in [6.45, 7) is 0.652. The minimum Gasteiger partial charge on any atom is -0.445 e. The van der Waals surface area contributed by atoms with Crippen LogP contribution in [-0.4, -0.2) is 47.4 Å². The summed E-state index contributed by atoms with van der Waals surface area (Å²) in [7, 11) is 0. The second-order valence-electron chi connectivity index (χ2n) is 6.90. The van der Waals surface area contributed by atoms with Gasteiger partial charge >= 0.3 is 6.09 Å². The quantitative estimate of drug-likeness (QED) is 0.890. The Morgan fingerprint density at radius 3 is 2.71 bits per heavy atom. The Kier molecular flexibility index (Phi) is 5.12. The number of para-hydroxylation sites is 1. The number of hydrogen-bond donors (Lipinski definition) is 1. The Morgan fingerprint density at radius 1 is 1.14 bits per heavy atom. The smallest absolute Gasteiger partial charge is 0.416 e. The highest BCUT2D eigenvalue weighted by molar-refractivity contribution is 6.05. The maximum atomic E-state index is 12.9. The van der Waals surface area contributed by atoms with Gasteiger partial charge in [-0.05, 0) is 36.6 Å². The fourth-order valence-electron chi connectivity index (χ4n) is 3.83. The van der Waals surface area contributed by atoms with Crippen LogP contribution in [-0.2, 0) is 4.74 Å². The van der Waals surface area contributed by atoms with E-state index in [9.17, 15) is 14.7 Å². The van der Waals surface area contributed by atoms with Gasteiger partial charge in [0.25, 0.3) is 5.91 Å². The number of amides is 2. The topological polar surface area (TPSA) is 70.1 Å². The molecule has 1 fully saturated rings. The van der Waals surface area contributed by atoms with Crippen molar-refractivity contribution in [1.82, 2.24) is 4.90 Å². The third-order valence-electron chi connectivity index (χ3n) is 5.17. The van der Waals surface area contributed by atoms with E-state index in [1.807, 2.05) is 36.4 Å². The van der Waals surface area contributed by atoms with Gasteiger partial charge in [0.2, 0.25) is 0 Å². The van der Waals surface area contributed by atoms with Gasteiger partial charge in [0.05, 0.1) is 17.3 Å².